The van der Waals surface area contributed by atoms with E-state index in [9.17, 15) is 20.2 Å². The van der Waals surface area contributed by atoms with Crippen LogP contribution in [0.3, 0.4) is 0 Å². The minimum Gasteiger partial charge on any atom is -0.457 e. The number of nitrogens with zero attached hydrogens (tertiary/aromatic N) is 2. The van der Waals surface area contributed by atoms with Gasteiger partial charge in [0.05, 0.1) is 15.6 Å². The lowest BCUT2D eigenvalue weighted by molar-refractivity contribution is -0.384. The van der Waals surface area contributed by atoms with E-state index in [0.29, 0.717) is 17.1 Å². The Labute approximate surface area is 176 Å². The van der Waals surface area contributed by atoms with Gasteiger partial charge in [0.15, 0.2) is 0 Å². The second kappa shape index (κ2) is 9.37. The number of hydrogen-bond acceptors (Lipinski definition) is 5. The molecule has 0 aliphatic heterocycles. The molecule has 3 aromatic carbocycles. The summed E-state index contributed by atoms with van der Waals surface area (Å²) in [6, 6.07) is 21.5. The maximum absolute atomic E-state index is 12.5. The normalized spacial score (nSPS) is 10.7. The molecule has 0 bridgehead atoms. The van der Waals surface area contributed by atoms with Gasteiger partial charge in [-0.25, -0.2) is 0 Å². The van der Waals surface area contributed by atoms with Gasteiger partial charge in [-0.3, -0.25) is 14.9 Å². The summed E-state index contributed by atoms with van der Waals surface area (Å²) in [6.07, 6.45) is 1.39. The number of ether oxygens (including phenoxy) is 1. The zero-order valence-corrected chi connectivity index (χ0v) is 16.2. The Bertz CT molecular complexity index is 1170. The molecule has 0 aliphatic carbocycles. The molecule has 0 spiro atoms. The molecule has 0 saturated carbocycles. The summed E-state index contributed by atoms with van der Waals surface area (Å²) in [5.41, 5.74) is 0.177. The number of nitro groups is 1. The maximum Gasteiger partial charge on any atom is 0.271 e. The Balaban J connectivity index is 1.81. The van der Waals surface area contributed by atoms with Crippen LogP contribution < -0.4 is 10.1 Å². The summed E-state index contributed by atoms with van der Waals surface area (Å²) < 4.78 is 5.75. The first-order chi connectivity index (χ1) is 14.5. The van der Waals surface area contributed by atoms with Gasteiger partial charge >= 0.3 is 0 Å². The first-order valence-corrected chi connectivity index (χ1v) is 9.04. The Morgan fingerprint density at radius 3 is 2.50 bits per heavy atom. The van der Waals surface area contributed by atoms with Gasteiger partial charge < -0.3 is 10.1 Å². The number of anilines is 1. The van der Waals surface area contributed by atoms with Gasteiger partial charge in [0.25, 0.3) is 11.6 Å². The van der Waals surface area contributed by atoms with Crippen molar-refractivity contribution < 1.29 is 14.5 Å². The van der Waals surface area contributed by atoms with Crippen molar-refractivity contribution in [3.63, 3.8) is 0 Å². The monoisotopic (exact) mass is 419 g/mol. The van der Waals surface area contributed by atoms with E-state index in [1.165, 1.54) is 18.2 Å². The SMILES string of the molecule is N#C/C(=C\c1cccc(Oc2ccccc2)c1)C(=O)Nc1cc([N+](=O)[O-])ccc1Cl. The highest BCUT2D eigenvalue weighted by Gasteiger charge is 2.15. The summed E-state index contributed by atoms with van der Waals surface area (Å²) in [5.74, 6) is 0.445. The minimum absolute atomic E-state index is 0.0400. The molecule has 1 N–H and O–H groups in total. The van der Waals surface area contributed by atoms with E-state index in [2.05, 4.69) is 5.32 Å². The van der Waals surface area contributed by atoms with Crippen LogP contribution in [0.15, 0.2) is 78.4 Å². The van der Waals surface area contributed by atoms with Crippen LogP contribution in [0.2, 0.25) is 5.02 Å². The van der Waals surface area contributed by atoms with Crippen LogP contribution >= 0.6 is 11.6 Å². The number of nitrogens with one attached hydrogen (secondary N) is 1. The van der Waals surface area contributed by atoms with Crippen molar-refractivity contribution in [1.82, 2.24) is 0 Å². The van der Waals surface area contributed by atoms with Crippen molar-refractivity contribution in [2.24, 2.45) is 0 Å². The summed E-state index contributed by atoms with van der Waals surface area (Å²) >= 11 is 5.99. The zero-order chi connectivity index (χ0) is 21.5. The summed E-state index contributed by atoms with van der Waals surface area (Å²) in [6.45, 7) is 0. The van der Waals surface area contributed by atoms with Gasteiger partial charge in [0, 0.05) is 12.1 Å². The molecule has 148 valence electrons. The highest BCUT2D eigenvalue weighted by atomic mass is 35.5. The Kier molecular flexibility index (Phi) is 6.42. The Morgan fingerprint density at radius 1 is 1.07 bits per heavy atom. The van der Waals surface area contributed by atoms with Gasteiger partial charge in [0.1, 0.15) is 23.1 Å². The topological polar surface area (TPSA) is 105 Å². The Hall–Kier alpha value is -4.15. The molecular formula is C22H14ClN3O4. The van der Waals surface area contributed by atoms with Gasteiger partial charge in [-0.1, -0.05) is 41.9 Å². The third kappa shape index (κ3) is 5.22. The summed E-state index contributed by atoms with van der Waals surface area (Å²) in [5, 5.41) is 22.9. The molecule has 0 fully saturated rings. The number of hydrogen-bond donors (Lipinski definition) is 1. The zero-order valence-electron chi connectivity index (χ0n) is 15.4. The van der Waals surface area contributed by atoms with E-state index in [4.69, 9.17) is 16.3 Å². The summed E-state index contributed by atoms with van der Waals surface area (Å²) in [7, 11) is 0. The fourth-order valence-electron chi connectivity index (χ4n) is 2.52. The predicted octanol–water partition coefficient (Wildman–Crippen LogP) is 5.59. The fourth-order valence-corrected chi connectivity index (χ4v) is 2.68. The van der Waals surface area contributed by atoms with Crippen LogP contribution in [-0.4, -0.2) is 10.8 Å². The molecule has 0 aromatic heterocycles. The average molecular weight is 420 g/mol. The number of amides is 1. The highest BCUT2D eigenvalue weighted by molar-refractivity contribution is 6.34. The van der Waals surface area contributed by atoms with Crippen LogP contribution in [0.4, 0.5) is 11.4 Å². The molecule has 0 aliphatic rings. The molecule has 30 heavy (non-hydrogen) atoms. The van der Waals surface area contributed by atoms with Crippen molar-refractivity contribution in [1.29, 1.82) is 5.26 Å². The number of carbonyl (C=O) groups excluding carboxylic acids is 1. The lowest BCUT2D eigenvalue weighted by atomic mass is 10.1. The molecular weight excluding hydrogens is 406 g/mol. The van der Waals surface area contributed by atoms with Gasteiger partial charge in [0.2, 0.25) is 0 Å². The van der Waals surface area contributed by atoms with Crippen molar-refractivity contribution >= 4 is 35.0 Å². The van der Waals surface area contributed by atoms with E-state index in [1.807, 2.05) is 24.3 Å². The van der Waals surface area contributed by atoms with Gasteiger partial charge in [-0.15, -0.1) is 0 Å². The first kappa shape index (κ1) is 20.6. The second-order valence-corrected chi connectivity index (χ2v) is 6.44. The number of rotatable bonds is 6. The Morgan fingerprint density at radius 2 is 1.80 bits per heavy atom. The molecule has 0 saturated heterocycles. The van der Waals surface area contributed by atoms with Crippen molar-refractivity contribution in [3.05, 3.63) is 99.1 Å². The minimum atomic E-state index is -0.741. The summed E-state index contributed by atoms with van der Waals surface area (Å²) in [4.78, 5) is 22.8. The smallest absolute Gasteiger partial charge is 0.271 e. The van der Waals surface area contributed by atoms with Crippen molar-refractivity contribution in [2.75, 3.05) is 5.32 Å². The van der Waals surface area contributed by atoms with E-state index in [-0.39, 0.29) is 22.0 Å². The number of halogens is 1. The maximum atomic E-state index is 12.5. The van der Waals surface area contributed by atoms with Crippen LogP contribution in [0.5, 0.6) is 11.5 Å². The van der Waals surface area contributed by atoms with E-state index < -0.39 is 10.8 Å². The van der Waals surface area contributed by atoms with Crippen molar-refractivity contribution in [3.8, 4) is 17.6 Å². The molecule has 3 rings (SSSR count). The highest BCUT2D eigenvalue weighted by Crippen LogP contribution is 2.27. The molecule has 0 radical (unpaired) electrons. The third-order valence-corrected chi connectivity index (χ3v) is 4.25. The standard InChI is InChI=1S/C22H14ClN3O4/c23-20-10-9-17(26(28)29)13-21(20)25-22(27)16(14-24)11-15-5-4-8-19(12-15)30-18-6-2-1-3-7-18/h1-13H,(H,25,27)/b16-11+. The second-order valence-electron chi connectivity index (χ2n) is 6.03. The third-order valence-electron chi connectivity index (χ3n) is 3.92. The molecule has 7 nitrogen and oxygen atoms in total. The molecule has 0 atom stereocenters. The van der Waals surface area contributed by atoms with E-state index >= 15 is 0 Å². The number of nitro benzene ring substituents is 1. The number of carbonyl (C=O) groups is 1. The van der Waals surface area contributed by atoms with Crippen LogP contribution in [0.1, 0.15) is 5.56 Å². The molecule has 8 heteroatoms. The lowest BCUT2D eigenvalue weighted by Crippen LogP contribution is -2.14. The van der Waals surface area contributed by atoms with Crippen LogP contribution in [0, 0.1) is 21.4 Å². The van der Waals surface area contributed by atoms with Crippen molar-refractivity contribution in [2.45, 2.75) is 0 Å². The molecule has 0 heterocycles. The number of non-ortho nitro benzene ring substituents is 1. The number of nitriles is 1. The largest absolute Gasteiger partial charge is 0.457 e. The van der Waals surface area contributed by atoms with E-state index in [0.717, 1.165) is 6.07 Å². The van der Waals surface area contributed by atoms with Gasteiger partial charge in [-0.2, -0.15) is 5.26 Å². The van der Waals surface area contributed by atoms with Gasteiger partial charge in [-0.05, 0) is 42.0 Å². The molecule has 1 amide bonds. The molecule has 0 unspecified atom stereocenters. The first-order valence-electron chi connectivity index (χ1n) is 8.66. The quantitative estimate of drug-likeness (QED) is 0.243. The van der Waals surface area contributed by atoms with Crippen LogP contribution in [-0.2, 0) is 4.79 Å². The molecule has 3 aromatic rings. The average Bonchev–Trinajstić information content (AvgIpc) is 2.74. The lowest BCUT2D eigenvalue weighted by Gasteiger charge is -2.08. The predicted molar refractivity (Wildman–Crippen MR) is 113 cm³/mol. The van der Waals surface area contributed by atoms with E-state index in [1.54, 1.807) is 36.4 Å². The van der Waals surface area contributed by atoms with Crippen LogP contribution in [0.25, 0.3) is 6.08 Å². The number of para-hydroxylation sites is 1. The fraction of sp³-hybridized carbons (Fsp3) is 0. The number of benzene rings is 3.